The van der Waals surface area contributed by atoms with Crippen LogP contribution in [0.25, 0.3) is 10.9 Å². The quantitative estimate of drug-likeness (QED) is 0.538. The van der Waals surface area contributed by atoms with Crippen LogP contribution in [-0.2, 0) is 22.4 Å². The number of oxime groups is 1. The molecule has 2 aromatic rings. The molecule has 1 aromatic carbocycles. The summed E-state index contributed by atoms with van der Waals surface area (Å²) in [6.45, 7) is 2.31. The van der Waals surface area contributed by atoms with Crippen LogP contribution in [0.1, 0.15) is 82.3 Å². The number of carboxylic acid groups (broad SMARTS) is 1. The molecular formula is C25H31F3N4O3. The summed E-state index contributed by atoms with van der Waals surface area (Å²) in [7, 11) is 0. The number of carbonyl (C=O) groups is 1. The second-order valence-corrected chi connectivity index (χ2v) is 10.1. The zero-order valence-corrected chi connectivity index (χ0v) is 19.8. The number of aryl methyl sites for hydroxylation is 1. The van der Waals surface area contributed by atoms with Gasteiger partial charge in [0.25, 0.3) is 0 Å². The van der Waals surface area contributed by atoms with Gasteiger partial charge in [-0.1, -0.05) is 24.4 Å². The number of aromatic nitrogens is 2. The highest BCUT2D eigenvalue weighted by Gasteiger charge is 2.47. The molecule has 2 aliphatic carbocycles. The molecule has 0 atom stereocenters. The van der Waals surface area contributed by atoms with E-state index in [-0.39, 0.29) is 23.7 Å². The van der Waals surface area contributed by atoms with Crippen molar-refractivity contribution in [2.75, 3.05) is 5.32 Å². The normalized spacial score (nSPS) is 25.6. The molecule has 0 amide bonds. The maximum atomic E-state index is 14.5. The Labute approximate surface area is 201 Å². The van der Waals surface area contributed by atoms with E-state index in [0.717, 1.165) is 32.1 Å². The van der Waals surface area contributed by atoms with Crippen LogP contribution in [0.3, 0.4) is 0 Å². The Balaban J connectivity index is 1.58. The van der Waals surface area contributed by atoms with Crippen LogP contribution in [0.2, 0.25) is 0 Å². The lowest BCUT2D eigenvalue weighted by Crippen LogP contribution is -2.36. The number of anilines is 1. The van der Waals surface area contributed by atoms with Crippen LogP contribution in [-0.4, -0.2) is 38.2 Å². The van der Waals surface area contributed by atoms with E-state index in [1.54, 1.807) is 10.9 Å². The van der Waals surface area contributed by atoms with E-state index in [1.807, 2.05) is 6.92 Å². The summed E-state index contributed by atoms with van der Waals surface area (Å²) < 4.78 is 45.0. The Hall–Kier alpha value is -2.78. The lowest BCUT2D eigenvalue weighted by atomic mass is 9.75. The number of rotatable bonds is 5. The van der Waals surface area contributed by atoms with Gasteiger partial charge in [0.1, 0.15) is 5.60 Å². The van der Waals surface area contributed by atoms with Gasteiger partial charge < -0.3 is 15.3 Å². The number of carboxylic acids is 1. The number of hydrogen-bond acceptors (Lipinski definition) is 5. The lowest BCUT2D eigenvalue weighted by molar-refractivity contribution is -0.145. The van der Waals surface area contributed by atoms with Gasteiger partial charge in [-0.05, 0) is 51.5 Å². The van der Waals surface area contributed by atoms with E-state index in [1.165, 1.54) is 6.07 Å². The molecule has 2 heterocycles. The van der Waals surface area contributed by atoms with Crippen molar-refractivity contribution in [2.24, 2.45) is 11.1 Å². The van der Waals surface area contributed by atoms with Gasteiger partial charge in [-0.3, -0.25) is 9.48 Å². The van der Waals surface area contributed by atoms with E-state index in [0.29, 0.717) is 48.8 Å². The van der Waals surface area contributed by atoms with Crippen molar-refractivity contribution in [3.8, 4) is 0 Å². The molecule has 5 rings (SSSR count). The van der Waals surface area contributed by atoms with E-state index >= 15 is 0 Å². The largest absolute Gasteiger partial charge is 0.481 e. The molecular weight excluding hydrogens is 461 g/mol. The molecule has 0 radical (unpaired) electrons. The molecule has 3 aliphatic rings. The highest BCUT2D eigenvalue weighted by atomic mass is 19.4. The number of aliphatic carboxylic acids is 1. The number of benzene rings is 1. The fourth-order valence-electron chi connectivity index (χ4n) is 5.91. The fourth-order valence-corrected chi connectivity index (χ4v) is 5.91. The number of halogens is 3. The Bertz CT molecular complexity index is 1140. The van der Waals surface area contributed by atoms with E-state index in [2.05, 4.69) is 15.6 Å². The summed E-state index contributed by atoms with van der Waals surface area (Å²) in [5.41, 5.74) is -0.288. The topological polar surface area (TPSA) is 88.7 Å². The molecule has 1 aromatic heterocycles. The minimum atomic E-state index is -4.59. The first-order valence-corrected chi connectivity index (χ1v) is 12.6. The SMILES string of the molecule is CCn1ncc2c(NC3CCCCC3)c(C3=NOC4(CCC(C(=O)O)CC4)C3)c(C(F)(F)F)cc21. The number of hydrogen-bond donors (Lipinski definition) is 2. The molecule has 1 aliphatic heterocycles. The van der Waals surface area contributed by atoms with Crippen LogP contribution in [0, 0.1) is 5.92 Å². The predicted octanol–water partition coefficient (Wildman–Crippen LogP) is 5.96. The molecule has 10 heteroatoms. The van der Waals surface area contributed by atoms with Gasteiger partial charge in [0.05, 0.1) is 34.6 Å². The van der Waals surface area contributed by atoms with Crippen molar-refractivity contribution >= 4 is 28.3 Å². The molecule has 0 unspecified atom stereocenters. The third-order valence-electron chi connectivity index (χ3n) is 7.88. The fraction of sp³-hybridized carbons (Fsp3) is 0.640. The Morgan fingerprint density at radius 1 is 1.23 bits per heavy atom. The summed E-state index contributed by atoms with van der Waals surface area (Å²) in [5.74, 6) is -1.28. The first-order chi connectivity index (χ1) is 16.7. The third-order valence-corrected chi connectivity index (χ3v) is 7.88. The molecule has 2 fully saturated rings. The molecule has 0 bridgehead atoms. The molecule has 2 N–H and O–H groups in total. The van der Waals surface area contributed by atoms with Gasteiger partial charge in [0.15, 0.2) is 0 Å². The highest BCUT2D eigenvalue weighted by molar-refractivity contribution is 6.13. The Kier molecular flexibility index (Phi) is 6.17. The Morgan fingerprint density at radius 2 is 1.94 bits per heavy atom. The molecule has 1 spiro atoms. The van der Waals surface area contributed by atoms with Crippen LogP contribution in [0.5, 0.6) is 0 Å². The zero-order chi connectivity index (χ0) is 24.8. The summed E-state index contributed by atoms with van der Waals surface area (Å²) in [6.07, 6.45) is 4.09. The smallest absolute Gasteiger partial charge is 0.417 e. The van der Waals surface area contributed by atoms with Gasteiger partial charge in [-0.2, -0.15) is 18.3 Å². The van der Waals surface area contributed by atoms with Crippen molar-refractivity contribution in [1.29, 1.82) is 0 Å². The standard InChI is InChI=1S/C25H31F3N4O3/c1-2-32-20-12-18(25(26,27)28)21(22(17(20)14-29-32)30-16-6-4-3-5-7-16)19-13-24(35-31-19)10-8-15(9-11-24)23(33)34/h12,14-16,30H,2-11,13H2,1H3,(H,33,34). The predicted molar refractivity (Wildman–Crippen MR) is 125 cm³/mol. The molecule has 0 saturated heterocycles. The second kappa shape index (κ2) is 9.02. The summed E-state index contributed by atoms with van der Waals surface area (Å²) in [4.78, 5) is 17.2. The summed E-state index contributed by atoms with van der Waals surface area (Å²) in [6, 6.07) is 1.27. The van der Waals surface area contributed by atoms with Crippen LogP contribution in [0.4, 0.5) is 18.9 Å². The van der Waals surface area contributed by atoms with Crippen molar-refractivity contribution in [3.63, 3.8) is 0 Å². The van der Waals surface area contributed by atoms with Crippen LogP contribution < -0.4 is 5.32 Å². The minimum absolute atomic E-state index is 0.0449. The van der Waals surface area contributed by atoms with E-state index in [9.17, 15) is 23.1 Å². The van der Waals surface area contributed by atoms with E-state index < -0.39 is 29.2 Å². The number of nitrogens with one attached hydrogen (secondary N) is 1. The van der Waals surface area contributed by atoms with Gasteiger partial charge in [0.2, 0.25) is 0 Å². The summed E-state index contributed by atoms with van der Waals surface area (Å²) in [5, 5.41) is 22.0. The van der Waals surface area contributed by atoms with Crippen LogP contribution >= 0.6 is 0 Å². The highest BCUT2D eigenvalue weighted by Crippen LogP contribution is 2.46. The lowest BCUT2D eigenvalue weighted by Gasteiger charge is -2.33. The van der Waals surface area contributed by atoms with Crippen molar-refractivity contribution in [2.45, 2.75) is 95.5 Å². The van der Waals surface area contributed by atoms with Gasteiger partial charge in [-0.25, -0.2) is 0 Å². The minimum Gasteiger partial charge on any atom is -0.481 e. The maximum Gasteiger partial charge on any atom is 0.417 e. The van der Waals surface area contributed by atoms with Crippen molar-refractivity contribution < 1.29 is 27.9 Å². The maximum absolute atomic E-state index is 14.5. The molecule has 7 nitrogen and oxygen atoms in total. The summed E-state index contributed by atoms with van der Waals surface area (Å²) >= 11 is 0. The first kappa shape index (κ1) is 23.9. The average Bonchev–Trinajstić information content (AvgIpc) is 3.43. The number of nitrogens with zero attached hydrogens (tertiary/aromatic N) is 3. The monoisotopic (exact) mass is 492 g/mol. The first-order valence-electron chi connectivity index (χ1n) is 12.6. The average molecular weight is 493 g/mol. The number of fused-ring (bicyclic) bond motifs is 1. The molecule has 35 heavy (non-hydrogen) atoms. The van der Waals surface area contributed by atoms with Gasteiger partial charge in [-0.15, -0.1) is 0 Å². The van der Waals surface area contributed by atoms with Crippen molar-refractivity contribution in [3.05, 3.63) is 23.4 Å². The van der Waals surface area contributed by atoms with Gasteiger partial charge in [0, 0.05) is 30.0 Å². The molecule has 2 saturated carbocycles. The molecule has 190 valence electrons. The second-order valence-electron chi connectivity index (χ2n) is 10.1. The third kappa shape index (κ3) is 4.47. The zero-order valence-electron chi connectivity index (χ0n) is 19.8. The number of alkyl halides is 3. The van der Waals surface area contributed by atoms with Gasteiger partial charge >= 0.3 is 12.1 Å². The van der Waals surface area contributed by atoms with Crippen molar-refractivity contribution in [1.82, 2.24) is 9.78 Å². The van der Waals surface area contributed by atoms with Crippen LogP contribution in [0.15, 0.2) is 17.4 Å². The Morgan fingerprint density at radius 3 is 2.57 bits per heavy atom. The van der Waals surface area contributed by atoms with E-state index in [4.69, 9.17) is 4.84 Å².